The van der Waals surface area contributed by atoms with Gasteiger partial charge in [0.25, 0.3) is 0 Å². The molecule has 1 fully saturated rings. The minimum atomic E-state index is -3.17. The van der Waals surface area contributed by atoms with Crippen LogP contribution in [0.5, 0.6) is 0 Å². The van der Waals surface area contributed by atoms with E-state index in [2.05, 4.69) is 20.6 Å². The molecular weight excluding hydrogens is 420 g/mol. The van der Waals surface area contributed by atoms with E-state index < -0.39 is 10.0 Å². The first-order valence-electron chi connectivity index (χ1n) is 9.79. The molecule has 0 radical (unpaired) electrons. The summed E-state index contributed by atoms with van der Waals surface area (Å²) in [6.45, 7) is 12.4. The van der Waals surface area contributed by atoms with E-state index in [0.29, 0.717) is 23.8 Å². The lowest BCUT2D eigenvalue weighted by atomic mass is 10.0. The van der Waals surface area contributed by atoms with Gasteiger partial charge in [0.1, 0.15) is 0 Å². The Bertz CT molecular complexity index is 1280. The Hall–Kier alpha value is -2.40. The van der Waals surface area contributed by atoms with Crippen molar-refractivity contribution in [2.45, 2.75) is 32.7 Å². The smallest absolute Gasteiger partial charge is 0.211 e. The van der Waals surface area contributed by atoms with Crippen molar-refractivity contribution in [2.75, 3.05) is 19.3 Å². The van der Waals surface area contributed by atoms with Crippen molar-refractivity contribution in [3.63, 3.8) is 0 Å². The topological polar surface area (TPSA) is 59.6 Å². The Morgan fingerprint density at radius 2 is 1.83 bits per heavy atom. The first kappa shape index (κ1) is 20.9. The molecule has 156 valence electrons. The second-order valence-corrected chi connectivity index (χ2v) is 10.3. The van der Waals surface area contributed by atoms with Crippen molar-refractivity contribution < 1.29 is 8.42 Å². The highest BCUT2D eigenvalue weighted by Crippen LogP contribution is 2.41. The van der Waals surface area contributed by atoms with E-state index in [-0.39, 0.29) is 6.04 Å². The van der Waals surface area contributed by atoms with E-state index in [9.17, 15) is 8.42 Å². The maximum absolute atomic E-state index is 11.9. The van der Waals surface area contributed by atoms with Gasteiger partial charge in [0, 0.05) is 54.4 Å². The summed E-state index contributed by atoms with van der Waals surface area (Å²) in [5.41, 5.74) is 5.25. The van der Waals surface area contributed by atoms with Crippen molar-refractivity contribution >= 4 is 38.2 Å². The van der Waals surface area contributed by atoms with Gasteiger partial charge >= 0.3 is 0 Å². The van der Waals surface area contributed by atoms with Crippen LogP contribution in [-0.2, 0) is 10.0 Å². The summed E-state index contributed by atoms with van der Waals surface area (Å²) in [5.74, 6) is 0. The van der Waals surface area contributed by atoms with E-state index in [1.54, 1.807) is 16.7 Å². The van der Waals surface area contributed by atoms with Crippen molar-refractivity contribution in [2.24, 2.45) is 0 Å². The zero-order chi connectivity index (χ0) is 21.6. The van der Waals surface area contributed by atoms with Gasteiger partial charge in [-0.05, 0) is 55.3 Å². The van der Waals surface area contributed by atoms with Crippen LogP contribution in [0.1, 0.15) is 30.0 Å². The molecule has 0 atom stereocenters. The SMILES string of the molecule is [C-]#[N+]c1cc2c(-c3cncc(C)c3Cl)cn(C3CCN(S(C)(=O)=O)CC3)c2cc1C. The van der Waals surface area contributed by atoms with Crippen LogP contribution in [0.3, 0.4) is 0 Å². The number of hydrogen-bond donors (Lipinski definition) is 0. The third kappa shape index (κ3) is 3.60. The number of benzene rings is 1. The molecule has 0 unspecified atom stereocenters. The first-order valence-corrected chi connectivity index (χ1v) is 12.0. The molecule has 4 rings (SSSR count). The number of aryl methyl sites for hydroxylation is 2. The van der Waals surface area contributed by atoms with Crippen molar-refractivity contribution in [1.29, 1.82) is 0 Å². The number of halogens is 1. The molecule has 0 N–H and O–H groups in total. The van der Waals surface area contributed by atoms with Crippen LogP contribution in [0, 0.1) is 20.4 Å². The van der Waals surface area contributed by atoms with E-state index in [4.69, 9.17) is 18.2 Å². The summed E-state index contributed by atoms with van der Waals surface area (Å²) in [5, 5.41) is 1.62. The fourth-order valence-corrected chi connectivity index (χ4v) is 5.29. The second kappa shape index (κ2) is 7.69. The standard InChI is InChI=1S/C22H23ClN4O2S/c1-14-9-21-17(10-20(14)24-3)19(18-12-25-11-15(2)22(18)23)13-27(21)16-5-7-26(8-6-16)30(4,28)29/h9-13,16H,5-8H2,1-2,4H3. The van der Waals surface area contributed by atoms with Gasteiger partial charge in [0.15, 0.2) is 5.69 Å². The molecule has 0 amide bonds. The number of pyridine rings is 1. The highest BCUT2D eigenvalue weighted by molar-refractivity contribution is 7.88. The van der Waals surface area contributed by atoms with Crippen LogP contribution < -0.4 is 0 Å². The molecule has 1 aromatic carbocycles. The second-order valence-electron chi connectivity index (χ2n) is 7.93. The van der Waals surface area contributed by atoms with Gasteiger partial charge in [-0.25, -0.2) is 17.6 Å². The summed E-state index contributed by atoms with van der Waals surface area (Å²) in [7, 11) is -3.17. The van der Waals surface area contributed by atoms with E-state index >= 15 is 0 Å². The number of piperidine rings is 1. The summed E-state index contributed by atoms with van der Waals surface area (Å²) >= 11 is 6.61. The summed E-state index contributed by atoms with van der Waals surface area (Å²) < 4.78 is 27.5. The third-order valence-electron chi connectivity index (χ3n) is 5.90. The number of sulfonamides is 1. The minimum absolute atomic E-state index is 0.175. The van der Waals surface area contributed by atoms with Crippen molar-refractivity contribution in [3.8, 4) is 11.1 Å². The third-order valence-corrected chi connectivity index (χ3v) is 7.71. The Morgan fingerprint density at radius 1 is 1.13 bits per heavy atom. The number of rotatable bonds is 3. The highest BCUT2D eigenvalue weighted by atomic mass is 35.5. The van der Waals surface area contributed by atoms with Crippen LogP contribution in [0.15, 0.2) is 30.7 Å². The molecule has 0 aliphatic carbocycles. The molecule has 2 aromatic heterocycles. The Balaban J connectivity index is 1.86. The molecule has 30 heavy (non-hydrogen) atoms. The summed E-state index contributed by atoms with van der Waals surface area (Å²) in [4.78, 5) is 7.99. The molecule has 1 aliphatic heterocycles. The molecule has 3 heterocycles. The fourth-order valence-electron chi connectivity index (χ4n) is 4.22. The van der Waals surface area contributed by atoms with Gasteiger partial charge in [-0.3, -0.25) is 4.98 Å². The van der Waals surface area contributed by atoms with Crippen LogP contribution in [0.25, 0.3) is 26.9 Å². The number of hydrogen-bond acceptors (Lipinski definition) is 3. The summed E-state index contributed by atoms with van der Waals surface area (Å²) in [6, 6.07) is 4.15. The first-order chi connectivity index (χ1) is 14.2. The predicted octanol–water partition coefficient (Wildman–Crippen LogP) is 5.12. The molecule has 0 bridgehead atoms. The number of fused-ring (bicyclic) bond motifs is 1. The number of nitrogens with zero attached hydrogens (tertiary/aromatic N) is 4. The predicted molar refractivity (Wildman–Crippen MR) is 121 cm³/mol. The van der Waals surface area contributed by atoms with Crippen LogP contribution in [0.4, 0.5) is 5.69 Å². The van der Waals surface area contributed by atoms with E-state index in [1.807, 2.05) is 26.0 Å². The summed E-state index contributed by atoms with van der Waals surface area (Å²) in [6.07, 6.45) is 8.32. The molecular formula is C22H23ClN4O2S. The average Bonchev–Trinajstić information content (AvgIpc) is 3.07. The van der Waals surface area contributed by atoms with E-state index in [0.717, 1.165) is 46.0 Å². The molecule has 1 aliphatic rings. The highest BCUT2D eigenvalue weighted by Gasteiger charge is 2.27. The minimum Gasteiger partial charge on any atom is -0.344 e. The lowest BCUT2D eigenvalue weighted by molar-refractivity contribution is 0.279. The van der Waals surface area contributed by atoms with Crippen molar-refractivity contribution in [1.82, 2.24) is 13.9 Å². The fraction of sp³-hybridized carbons (Fsp3) is 0.364. The Labute approximate surface area is 182 Å². The van der Waals surface area contributed by atoms with Gasteiger partial charge in [-0.15, -0.1) is 0 Å². The monoisotopic (exact) mass is 442 g/mol. The lowest BCUT2D eigenvalue weighted by Crippen LogP contribution is -2.38. The molecule has 3 aromatic rings. The molecule has 0 saturated carbocycles. The quantitative estimate of drug-likeness (QED) is 0.529. The lowest BCUT2D eigenvalue weighted by Gasteiger charge is -2.31. The zero-order valence-corrected chi connectivity index (χ0v) is 18.8. The largest absolute Gasteiger partial charge is 0.344 e. The molecule has 1 saturated heterocycles. The number of aromatic nitrogens is 2. The maximum atomic E-state index is 11.9. The van der Waals surface area contributed by atoms with Gasteiger partial charge in [-0.2, -0.15) is 0 Å². The average molecular weight is 443 g/mol. The normalized spacial score (nSPS) is 16.1. The van der Waals surface area contributed by atoms with Crippen molar-refractivity contribution in [3.05, 3.63) is 58.3 Å². The molecule has 0 spiro atoms. The van der Waals surface area contributed by atoms with Crippen LogP contribution in [0.2, 0.25) is 5.02 Å². The molecule has 8 heteroatoms. The van der Waals surface area contributed by atoms with Gasteiger partial charge in [0.05, 0.1) is 17.9 Å². The van der Waals surface area contributed by atoms with Crippen LogP contribution >= 0.6 is 11.6 Å². The van der Waals surface area contributed by atoms with Gasteiger partial charge in [-0.1, -0.05) is 11.6 Å². The Morgan fingerprint density at radius 3 is 2.47 bits per heavy atom. The van der Waals surface area contributed by atoms with Crippen LogP contribution in [-0.4, -0.2) is 41.6 Å². The Kier molecular flexibility index (Phi) is 5.35. The van der Waals surface area contributed by atoms with Gasteiger partial charge in [0.2, 0.25) is 10.0 Å². The maximum Gasteiger partial charge on any atom is 0.211 e. The van der Waals surface area contributed by atoms with Gasteiger partial charge < -0.3 is 4.57 Å². The molecule has 6 nitrogen and oxygen atoms in total. The van der Waals surface area contributed by atoms with E-state index in [1.165, 1.54) is 6.26 Å². The zero-order valence-electron chi connectivity index (χ0n) is 17.2.